The van der Waals surface area contributed by atoms with E-state index in [1.165, 1.54) is 0 Å². The SMILES string of the molecule is CN(C)c1nccc(OC2CNC2)n1. The van der Waals surface area contributed by atoms with Crippen molar-refractivity contribution in [2.24, 2.45) is 0 Å². The Labute approximate surface area is 83.1 Å². The second-order valence-corrected chi connectivity index (χ2v) is 3.49. The Bertz CT molecular complexity index is 311. The fourth-order valence-corrected chi connectivity index (χ4v) is 1.13. The van der Waals surface area contributed by atoms with Crippen LogP contribution in [0.15, 0.2) is 12.3 Å². The number of hydrogen-bond acceptors (Lipinski definition) is 5. The van der Waals surface area contributed by atoms with E-state index in [-0.39, 0.29) is 6.10 Å². The minimum atomic E-state index is 0.264. The minimum absolute atomic E-state index is 0.264. The third-order valence-corrected chi connectivity index (χ3v) is 2.05. The summed E-state index contributed by atoms with van der Waals surface area (Å²) in [6.45, 7) is 1.81. The largest absolute Gasteiger partial charge is 0.472 e. The average Bonchev–Trinajstić information content (AvgIpc) is 2.12. The molecule has 14 heavy (non-hydrogen) atoms. The Kier molecular flexibility index (Phi) is 2.49. The summed E-state index contributed by atoms with van der Waals surface area (Å²) in [5.41, 5.74) is 0. The molecular formula is C9H14N4O. The van der Waals surface area contributed by atoms with Crippen molar-refractivity contribution in [1.29, 1.82) is 0 Å². The van der Waals surface area contributed by atoms with Crippen LogP contribution in [0.25, 0.3) is 0 Å². The fraction of sp³-hybridized carbons (Fsp3) is 0.556. The molecule has 5 heteroatoms. The maximum atomic E-state index is 5.60. The summed E-state index contributed by atoms with van der Waals surface area (Å²) in [6, 6.07) is 1.78. The van der Waals surface area contributed by atoms with E-state index in [0.29, 0.717) is 11.8 Å². The lowest BCUT2D eigenvalue weighted by molar-refractivity contribution is 0.136. The van der Waals surface area contributed by atoms with Crippen LogP contribution in [-0.4, -0.2) is 43.3 Å². The summed E-state index contributed by atoms with van der Waals surface area (Å²) >= 11 is 0. The van der Waals surface area contributed by atoms with Gasteiger partial charge >= 0.3 is 0 Å². The average molecular weight is 194 g/mol. The highest BCUT2D eigenvalue weighted by Crippen LogP contribution is 2.12. The van der Waals surface area contributed by atoms with Crippen LogP contribution in [0.5, 0.6) is 5.88 Å². The van der Waals surface area contributed by atoms with Gasteiger partial charge < -0.3 is 15.0 Å². The Morgan fingerprint density at radius 1 is 1.50 bits per heavy atom. The number of hydrogen-bond donors (Lipinski definition) is 1. The van der Waals surface area contributed by atoms with E-state index in [2.05, 4.69) is 15.3 Å². The number of rotatable bonds is 3. The van der Waals surface area contributed by atoms with E-state index in [1.807, 2.05) is 19.0 Å². The highest BCUT2D eigenvalue weighted by molar-refractivity contribution is 5.29. The summed E-state index contributed by atoms with van der Waals surface area (Å²) in [6.07, 6.45) is 1.98. The lowest BCUT2D eigenvalue weighted by atomic mass is 10.2. The number of aromatic nitrogens is 2. The van der Waals surface area contributed by atoms with Gasteiger partial charge in [-0.05, 0) is 0 Å². The molecule has 0 atom stereocenters. The van der Waals surface area contributed by atoms with Gasteiger partial charge in [0, 0.05) is 39.4 Å². The van der Waals surface area contributed by atoms with Crippen molar-refractivity contribution in [3.63, 3.8) is 0 Å². The van der Waals surface area contributed by atoms with Crippen molar-refractivity contribution in [2.45, 2.75) is 6.10 Å². The monoisotopic (exact) mass is 194 g/mol. The van der Waals surface area contributed by atoms with Crippen LogP contribution in [-0.2, 0) is 0 Å². The zero-order chi connectivity index (χ0) is 9.97. The second-order valence-electron chi connectivity index (χ2n) is 3.49. The van der Waals surface area contributed by atoms with E-state index in [0.717, 1.165) is 13.1 Å². The zero-order valence-corrected chi connectivity index (χ0v) is 8.40. The van der Waals surface area contributed by atoms with Gasteiger partial charge in [-0.15, -0.1) is 0 Å². The predicted molar refractivity (Wildman–Crippen MR) is 53.6 cm³/mol. The molecular weight excluding hydrogens is 180 g/mol. The Hall–Kier alpha value is -1.36. The van der Waals surface area contributed by atoms with E-state index < -0.39 is 0 Å². The standard InChI is InChI=1S/C9H14N4O/c1-13(2)9-11-4-3-8(12-9)14-7-5-10-6-7/h3-4,7,10H,5-6H2,1-2H3. The van der Waals surface area contributed by atoms with Gasteiger partial charge in [-0.25, -0.2) is 4.98 Å². The topological polar surface area (TPSA) is 50.3 Å². The number of nitrogens with one attached hydrogen (secondary N) is 1. The fourth-order valence-electron chi connectivity index (χ4n) is 1.13. The first-order valence-electron chi connectivity index (χ1n) is 4.63. The molecule has 1 N–H and O–H groups in total. The molecule has 0 aliphatic carbocycles. The number of nitrogens with zero attached hydrogens (tertiary/aromatic N) is 3. The normalized spacial score (nSPS) is 16.1. The van der Waals surface area contributed by atoms with Crippen molar-refractivity contribution in [2.75, 3.05) is 32.1 Å². The minimum Gasteiger partial charge on any atom is -0.472 e. The Balaban J connectivity index is 2.05. The molecule has 1 aromatic rings. The van der Waals surface area contributed by atoms with E-state index in [1.54, 1.807) is 12.3 Å². The summed E-state index contributed by atoms with van der Waals surface area (Å²) in [7, 11) is 3.81. The molecule has 0 saturated carbocycles. The third kappa shape index (κ3) is 1.93. The van der Waals surface area contributed by atoms with Gasteiger partial charge in [0.15, 0.2) is 0 Å². The van der Waals surface area contributed by atoms with E-state index in [9.17, 15) is 0 Å². The first kappa shape index (κ1) is 9.21. The maximum Gasteiger partial charge on any atom is 0.228 e. The van der Waals surface area contributed by atoms with Gasteiger partial charge in [-0.2, -0.15) is 4.98 Å². The molecule has 2 rings (SSSR count). The van der Waals surface area contributed by atoms with Gasteiger partial charge in [0.1, 0.15) is 6.10 Å². The van der Waals surface area contributed by atoms with Gasteiger partial charge in [0.2, 0.25) is 11.8 Å². The summed E-state index contributed by atoms with van der Waals surface area (Å²) < 4.78 is 5.60. The molecule has 0 radical (unpaired) electrons. The van der Waals surface area contributed by atoms with E-state index in [4.69, 9.17) is 4.74 Å². The number of ether oxygens (including phenoxy) is 1. The van der Waals surface area contributed by atoms with Crippen LogP contribution < -0.4 is 15.0 Å². The molecule has 1 aliphatic rings. The molecule has 1 aliphatic heterocycles. The highest BCUT2D eigenvalue weighted by atomic mass is 16.5. The van der Waals surface area contributed by atoms with Gasteiger partial charge in [0.05, 0.1) is 0 Å². The van der Waals surface area contributed by atoms with Crippen LogP contribution >= 0.6 is 0 Å². The van der Waals surface area contributed by atoms with Crippen LogP contribution in [0.1, 0.15) is 0 Å². The quantitative estimate of drug-likeness (QED) is 0.727. The summed E-state index contributed by atoms with van der Waals surface area (Å²) in [4.78, 5) is 10.2. The summed E-state index contributed by atoms with van der Waals surface area (Å²) in [5.74, 6) is 1.32. The smallest absolute Gasteiger partial charge is 0.228 e. The van der Waals surface area contributed by atoms with Crippen LogP contribution in [0.4, 0.5) is 5.95 Å². The van der Waals surface area contributed by atoms with Crippen LogP contribution in [0, 0.1) is 0 Å². The predicted octanol–water partition coefficient (Wildman–Crippen LogP) is -0.107. The van der Waals surface area contributed by atoms with Gasteiger partial charge in [-0.1, -0.05) is 0 Å². The highest BCUT2D eigenvalue weighted by Gasteiger charge is 2.18. The molecule has 76 valence electrons. The van der Waals surface area contributed by atoms with Gasteiger partial charge in [-0.3, -0.25) is 0 Å². The first-order valence-corrected chi connectivity index (χ1v) is 4.63. The molecule has 1 saturated heterocycles. The second kappa shape index (κ2) is 3.79. The summed E-state index contributed by atoms with van der Waals surface area (Å²) in [5, 5.41) is 3.14. The molecule has 1 aromatic heterocycles. The molecule has 0 bridgehead atoms. The molecule has 2 heterocycles. The lowest BCUT2D eigenvalue weighted by Crippen LogP contribution is -2.50. The Morgan fingerprint density at radius 3 is 2.86 bits per heavy atom. The third-order valence-electron chi connectivity index (χ3n) is 2.05. The van der Waals surface area contributed by atoms with Crippen molar-refractivity contribution in [3.05, 3.63) is 12.3 Å². The van der Waals surface area contributed by atoms with Crippen molar-refractivity contribution < 1.29 is 4.74 Å². The molecule has 5 nitrogen and oxygen atoms in total. The maximum absolute atomic E-state index is 5.60. The van der Waals surface area contributed by atoms with Crippen molar-refractivity contribution in [3.8, 4) is 5.88 Å². The zero-order valence-electron chi connectivity index (χ0n) is 8.40. The number of anilines is 1. The molecule has 0 aromatic carbocycles. The first-order chi connectivity index (χ1) is 6.75. The molecule has 1 fully saturated rings. The van der Waals surface area contributed by atoms with Gasteiger partial charge in [0.25, 0.3) is 0 Å². The van der Waals surface area contributed by atoms with Crippen molar-refractivity contribution >= 4 is 5.95 Å². The van der Waals surface area contributed by atoms with E-state index >= 15 is 0 Å². The van der Waals surface area contributed by atoms with Crippen LogP contribution in [0.2, 0.25) is 0 Å². The van der Waals surface area contributed by atoms with Crippen LogP contribution in [0.3, 0.4) is 0 Å². The van der Waals surface area contributed by atoms with Crippen molar-refractivity contribution in [1.82, 2.24) is 15.3 Å². The molecule has 0 amide bonds. The Morgan fingerprint density at radius 2 is 2.29 bits per heavy atom. The molecule has 0 spiro atoms. The lowest BCUT2D eigenvalue weighted by Gasteiger charge is -2.27. The molecule has 0 unspecified atom stereocenters.